The Labute approximate surface area is 113 Å². The molecule has 0 radical (unpaired) electrons. The molecule has 1 amide bonds. The van der Waals surface area contributed by atoms with Gasteiger partial charge in [-0.1, -0.05) is 23.2 Å². The van der Waals surface area contributed by atoms with Crippen molar-refractivity contribution in [3.63, 3.8) is 0 Å². The van der Waals surface area contributed by atoms with Crippen LogP contribution in [0.4, 0.5) is 5.69 Å². The van der Waals surface area contributed by atoms with E-state index >= 15 is 0 Å². The van der Waals surface area contributed by atoms with Crippen molar-refractivity contribution in [2.45, 2.75) is 12.8 Å². The van der Waals surface area contributed by atoms with Gasteiger partial charge in [0.1, 0.15) is 5.71 Å². The van der Waals surface area contributed by atoms with Gasteiger partial charge in [0.25, 0.3) is 0 Å². The van der Waals surface area contributed by atoms with Crippen LogP contribution < -0.4 is 5.01 Å². The van der Waals surface area contributed by atoms with Crippen LogP contribution >= 0.6 is 23.2 Å². The van der Waals surface area contributed by atoms with Gasteiger partial charge in [-0.3, -0.25) is 4.79 Å². The van der Waals surface area contributed by atoms with Crippen LogP contribution in [0.1, 0.15) is 12.8 Å². The Morgan fingerprint density at radius 1 is 1.33 bits per heavy atom. The smallest absolute Gasteiger partial charge is 0.352 e. The van der Waals surface area contributed by atoms with Crippen molar-refractivity contribution < 1.29 is 14.7 Å². The summed E-state index contributed by atoms with van der Waals surface area (Å²) in [5.74, 6) is -1.46. The van der Waals surface area contributed by atoms with E-state index < -0.39 is 5.97 Å². The topological polar surface area (TPSA) is 70.0 Å². The maximum absolute atomic E-state index is 11.8. The molecule has 0 spiro atoms. The van der Waals surface area contributed by atoms with Crippen molar-refractivity contribution in [1.29, 1.82) is 0 Å². The van der Waals surface area contributed by atoms with E-state index in [-0.39, 0.29) is 35.2 Å². The molecule has 18 heavy (non-hydrogen) atoms. The summed E-state index contributed by atoms with van der Waals surface area (Å²) in [5.41, 5.74) is 0.207. The maximum atomic E-state index is 11.8. The number of halogens is 2. The van der Waals surface area contributed by atoms with Gasteiger partial charge in [-0.15, -0.1) is 0 Å². The summed E-state index contributed by atoms with van der Waals surface area (Å²) in [6.07, 6.45) is 0.191. The van der Waals surface area contributed by atoms with Gasteiger partial charge in [0.15, 0.2) is 0 Å². The number of benzene rings is 1. The number of hydrazone groups is 1. The summed E-state index contributed by atoms with van der Waals surface area (Å²) in [5, 5.41) is 14.3. The fraction of sp³-hybridized carbons (Fsp3) is 0.182. The average molecular weight is 287 g/mol. The van der Waals surface area contributed by atoms with Crippen LogP contribution in [0.25, 0.3) is 0 Å². The molecule has 0 aromatic heterocycles. The number of hydrogen-bond acceptors (Lipinski definition) is 3. The highest BCUT2D eigenvalue weighted by Crippen LogP contribution is 2.31. The zero-order chi connectivity index (χ0) is 13.3. The lowest BCUT2D eigenvalue weighted by Crippen LogP contribution is -2.34. The third-order valence-corrected chi connectivity index (χ3v) is 2.97. The van der Waals surface area contributed by atoms with Gasteiger partial charge in [-0.25, -0.2) is 4.79 Å². The van der Waals surface area contributed by atoms with Crippen molar-refractivity contribution in [3.8, 4) is 0 Å². The van der Waals surface area contributed by atoms with Crippen molar-refractivity contribution in [1.82, 2.24) is 0 Å². The lowest BCUT2D eigenvalue weighted by Gasteiger charge is -2.23. The Morgan fingerprint density at radius 2 is 2.06 bits per heavy atom. The molecular weight excluding hydrogens is 279 g/mol. The Balaban J connectivity index is 2.47. The number of rotatable bonds is 2. The molecule has 0 saturated heterocycles. The molecule has 0 fully saturated rings. The van der Waals surface area contributed by atoms with E-state index in [9.17, 15) is 9.59 Å². The second-order valence-corrected chi connectivity index (χ2v) is 4.50. The molecule has 0 unspecified atom stereocenters. The number of carboxylic acid groups (broad SMARTS) is 1. The Kier molecular flexibility index (Phi) is 3.54. The highest BCUT2D eigenvalue weighted by Gasteiger charge is 2.26. The number of amides is 1. The molecule has 1 N–H and O–H groups in total. The summed E-state index contributed by atoms with van der Waals surface area (Å²) in [6.45, 7) is 0. The lowest BCUT2D eigenvalue weighted by molar-refractivity contribution is -0.129. The van der Waals surface area contributed by atoms with Crippen LogP contribution in [-0.4, -0.2) is 22.7 Å². The summed E-state index contributed by atoms with van der Waals surface area (Å²) >= 11 is 11.8. The molecule has 94 valence electrons. The predicted molar refractivity (Wildman–Crippen MR) is 68.3 cm³/mol. The van der Waals surface area contributed by atoms with E-state index in [1.54, 1.807) is 6.07 Å². The number of carboxylic acids is 1. The highest BCUT2D eigenvalue weighted by atomic mass is 35.5. The third kappa shape index (κ3) is 2.47. The van der Waals surface area contributed by atoms with Gasteiger partial charge < -0.3 is 5.11 Å². The standard InChI is InChI=1S/C11H8Cl2N2O3/c12-6-1-2-7(13)9(5-6)15-10(16)4-3-8(14-15)11(17)18/h1-2,5H,3-4H2,(H,17,18). The van der Waals surface area contributed by atoms with E-state index in [4.69, 9.17) is 28.3 Å². The van der Waals surface area contributed by atoms with Crippen LogP contribution in [0.15, 0.2) is 23.3 Å². The van der Waals surface area contributed by atoms with Gasteiger partial charge in [-0.2, -0.15) is 10.1 Å². The zero-order valence-electron chi connectivity index (χ0n) is 9.06. The number of carbonyl (C=O) groups is 2. The molecule has 5 nitrogen and oxygen atoms in total. The van der Waals surface area contributed by atoms with Crippen LogP contribution in [0, 0.1) is 0 Å². The highest BCUT2D eigenvalue weighted by molar-refractivity contribution is 6.38. The quantitative estimate of drug-likeness (QED) is 0.908. The van der Waals surface area contributed by atoms with Crippen LogP contribution in [-0.2, 0) is 9.59 Å². The zero-order valence-corrected chi connectivity index (χ0v) is 10.6. The van der Waals surface area contributed by atoms with Gasteiger partial charge in [0, 0.05) is 17.9 Å². The number of anilines is 1. The number of carbonyl (C=O) groups excluding carboxylic acids is 1. The van der Waals surface area contributed by atoms with Gasteiger partial charge in [-0.05, 0) is 18.2 Å². The SMILES string of the molecule is O=C(O)C1=NN(c2cc(Cl)ccc2Cl)C(=O)CC1. The summed E-state index contributed by atoms with van der Waals surface area (Å²) in [6, 6.07) is 4.57. The van der Waals surface area contributed by atoms with E-state index in [0.717, 1.165) is 5.01 Å². The molecule has 0 atom stereocenters. The summed E-state index contributed by atoms with van der Waals surface area (Å²) in [7, 11) is 0. The van der Waals surface area contributed by atoms with Crippen molar-refractivity contribution in [2.24, 2.45) is 5.10 Å². The van der Waals surface area contributed by atoms with Crippen LogP contribution in [0.2, 0.25) is 10.0 Å². The van der Waals surface area contributed by atoms with Gasteiger partial charge >= 0.3 is 5.97 Å². The average Bonchev–Trinajstić information content (AvgIpc) is 2.33. The fourth-order valence-electron chi connectivity index (χ4n) is 1.54. The van der Waals surface area contributed by atoms with E-state index in [1.807, 2.05) is 0 Å². The van der Waals surface area contributed by atoms with Crippen molar-refractivity contribution in [2.75, 3.05) is 5.01 Å². The minimum Gasteiger partial charge on any atom is -0.477 e. The molecule has 1 heterocycles. The summed E-state index contributed by atoms with van der Waals surface area (Å²) in [4.78, 5) is 22.6. The number of hydrogen-bond donors (Lipinski definition) is 1. The second-order valence-electron chi connectivity index (χ2n) is 3.65. The molecule has 7 heteroatoms. The van der Waals surface area contributed by atoms with E-state index in [1.165, 1.54) is 12.1 Å². The second kappa shape index (κ2) is 4.96. The molecule has 1 aromatic carbocycles. The van der Waals surface area contributed by atoms with E-state index in [0.29, 0.717) is 5.02 Å². The first-order valence-electron chi connectivity index (χ1n) is 5.08. The number of aliphatic carboxylic acids is 1. The first-order chi connectivity index (χ1) is 8.49. The largest absolute Gasteiger partial charge is 0.477 e. The molecule has 1 aromatic rings. The molecule has 0 bridgehead atoms. The van der Waals surface area contributed by atoms with Gasteiger partial charge in [0.2, 0.25) is 5.91 Å². The molecule has 2 rings (SSSR count). The molecule has 0 aliphatic carbocycles. The normalized spacial score (nSPS) is 15.6. The van der Waals surface area contributed by atoms with Crippen molar-refractivity contribution in [3.05, 3.63) is 28.2 Å². The molecule has 0 saturated carbocycles. The lowest BCUT2D eigenvalue weighted by atomic mass is 10.1. The molecule has 1 aliphatic heterocycles. The minimum absolute atomic E-state index is 0.0774. The van der Waals surface area contributed by atoms with Crippen LogP contribution in [0.5, 0.6) is 0 Å². The minimum atomic E-state index is -1.15. The first-order valence-corrected chi connectivity index (χ1v) is 5.83. The first kappa shape index (κ1) is 12.9. The Morgan fingerprint density at radius 3 is 2.72 bits per heavy atom. The third-order valence-electron chi connectivity index (χ3n) is 2.42. The molecular formula is C11H8Cl2N2O3. The maximum Gasteiger partial charge on any atom is 0.352 e. The van der Waals surface area contributed by atoms with Gasteiger partial charge in [0.05, 0.1) is 10.7 Å². The summed E-state index contributed by atoms with van der Waals surface area (Å²) < 4.78 is 0. The Hall–Kier alpha value is -1.59. The monoisotopic (exact) mass is 286 g/mol. The van der Waals surface area contributed by atoms with Crippen molar-refractivity contribution >= 4 is 46.5 Å². The molecule has 1 aliphatic rings. The fourth-order valence-corrected chi connectivity index (χ4v) is 1.91. The Bertz CT molecular complexity index is 557. The van der Waals surface area contributed by atoms with E-state index in [2.05, 4.69) is 5.10 Å². The number of nitrogens with zero attached hydrogens (tertiary/aromatic N) is 2. The van der Waals surface area contributed by atoms with Crippen LogP contribution in [0.3, 0.4) is 0 Å². The predicted octanol–water partition coefficient (Wildman–Crippen LogP) is 2.56.